The van der Waals surface area contributed by atoms with E-state index in [9.17, 15) is 12.8 Å². The molecule has 5 nitrogen and oxygen atoms in total. The first-order valence-corrected chi connectivity index (χ1v) is 8.01. The molecule has 21 heavy (non-hydrogen) atoms. The van der Waals surface area contributed by atoms with Gasteiger partial charge in [-0.3, -0.25) is 4.31 Å². The number of fused-ring (bicyclic) bond motifs is 1. The molecular weight excluding hydrogens is 295 g/mol. The van der Waals surface area contributed by atoms with Crippen molar-refractivity contribution in [3.8, 4) is 0 Å². The minimum atomic E-state index is -3.79. The van der Waals surface area contributed by atoms with Crippen LogP contribution in [-0.4, -0.2) is 22.0 Å². The Hall–Kier alpha value is -1.86. The number of hydrogen-bond acceptors (Lipinski definition) is 4. The lowest BCUT2D eigenvalue weighted by atomic mass is 10.2. The molecule has 0 unspecified atom stereocenters. The Balaban J connectivity index is 1.98. The fourth-order valence-electron chi connectivity index (χ4n) is 2.45. The molecule has 0 amide bonds. The van der Waals surface area contributed by atoms with E-state index in [1.165, 1.54) is 22.5 Å². The normalized spacial score (nSPS) is 14.5. The van der Waals surface area contributed by atoms with Crippen LogP contribution in [0.4, 0.5) is 10.1 Å². The minimum absolute atomic E-state index is 0.120. The quantitative estimate of drug-likeness (QED) is 0.937. The van der Waals surface area contributed by atoms with Crippen molar-refractivity contribution in [2.75, 3.05) is 17.9 Å². The zero-order valence-electron chi connectivity index (χ0n) is 11.5. The second-order valence-electron chi connectivity index (χ2n) is 4.85. The first-order valence-electron chi connectivity index (χ1n) is 6.57. The number of furan rings is 1. The van der Waals surface area contributed by atoms with Crippen molar-refractivity contribution in [3.05, 3.63) is 47.5 Å². The smallest absolute Gasteiger partial charge is 0.297 e. The summed E-state index contributed by atoms with van der Waals surface area (Å²) in [6.45, 7) is 0.740. The summed E-state index contributed by atoms with van der Waals surface area (Å²) in [6, 6.07) is 7.25. The Morgan fingerprint density at radius 2 is 2.14 bits per heavy atom. The predicted octanol–water partition coefficient (Wildman–Crippen LogP) is 1.89. The second-order valence-corrected chi connectivity index (χ2v) is 6.64. The van der Waals surface area contributed by atoms with E-state index >= 15 is 0 Å². The fraction of sp³-hybridized carbons (Fsp3) is 0.286. The van der Waals surface area contributed by atoms with Crippen molar-refractivity contribution in [2.24, 2.45) is 0 Å². The van der Waals surface area contributed by atoms with Crippen LogP contribution in [0.1, 0.15) is 11.3 Å². The molecule has 2 aromatic rings. The number of nitrogens with one attached hydrogen (secondary N) is 1. The Bertz CT molecular complexity index is 770. The summed E-state index contributed by atoms with van der Waals surface area (Å²) in [4.78, 5) is 0. The van der Waals surface area contributed by atoms with E-state index in [0.29, 0.717) is 31.0 Å². The van der Waals surface area contributed by atoms with Crippen LogP contribution >= 0.6 is 0 Å². The number of hydrogen-bond donors (Lipinski definition) is 1. The lowest BCUT2D eigenvalue weighted by Crippen LogP contribution is -2.28. The van der Waals surface area contributed by atoms with E-state index in [1.54, 1.807) is 19.2 Å². The molecule has 2 heterocycles. The molecule has 3 rings (SSSR count). The first-order chi connectivity index (χ1) is 10.0. The molecule has 0 bridgehead atoms. The molecule has 1 N–H and O–H groups in total. The van der Waals surface area contributed by atoms with Gasteiger partial charge >= 0.3 is 0 Å². The van der Waals surface area contributed by atoms with E-state index in [4.69, 9.17) is 4.42 Å². The third-order valence-corrected chi connectivity index (χ3v) is 5.12. The molecule has 0 saturated heterocycles. The summed E-state index contributed by atoms with van der Waals surface area (Å²) in [5.74, 6) is 0.0842. The number of halogens is 1. The van der Waals surface area contributed by atoms with Gasteiger partial charge in [-0.1, -0.05) is 6.07 Å². The van der Waals surface area contributed by atoms with Crippen LogP contribution in [0.25, 0.3) is 0 Å². The number of anilines is 1. The van der Waals surface area contributed by atoms with Gasteiger partial charge in [-0.2, -0.15) is 8.42 Å². The SMILES string of the molecule is CNCc1ccc(S(=O)(=O)N2CCc3ccc(F)cc32)o1. The molecule has 1 aliphatic rings. The summed E-state index contributed by atoms with van der Waals surface area (Å²) in [5.41, 5.74) is 1.21. The van der Waals surface area contributed by atoms with Gasteiger partial charge < -0.3 is 9.73 Å². The van der Waals surface area contributed by atoms with Gasteiger partial charge in [0.1, 0.15) is 11.6 Å². The molecule has 0 fully saturated rings. The third kappa shape index (κ3) is 2.43. The van der Waals surface area contributed by atoms with E-state index in [2.05, 4.69) is 5.32 Å². The zero-order chi connectivity index (χ0) is 15.0. The summed E-state index contributed by atoms with van der Waals surface area (Å²) in [7, 11) is -2.05. The van der Waals surface area contributed by atoms with Crippen LogP contribution in [0, 0.1) is 5.82 Å². The highest BCUT2D eigenvalue weighted by molar-refractivity contribution is 7.92. The largest absolute Gasteiger partial charge is 0.446 e. The highest BCUT2D eigenvalue weighted by Crippen LogP contribution is 2.33. The van der Waals surface area contributed by atoms with Gasteiger partial charge in [0.25, 0.3) is 10.0 Å². The molecule has 7 heteroatoms. The molecule has 0 atom stereocenters. The number of nitrogens with zero attached hydrogens (tertiary/aromatic N) is 1. The van der Waals surface area contributed by atoms with Gasteiger partial charge in [0, 0.05) is 6.54 Å². The Morgan fingerprint density at radius 1 is 1.33 bits per heavy atom. The lowest BCUT2D eigenvalue weighted by Gasteiger charge is -2.17. The van der Waals surface area contributed by atoms with E-state index < -0.39 is 15.8 Å². The number of sulfonamides is 1. The molecule has 0 radical (unpaired) electrons. The van der Waals surface area contributed by atoms with Gasteiger partial charge in [-0.15, -0.1) is 0 Å². The maximum Gasteiger partial charge on any atom is 0.297 e. The summed E-state index contributed by atoms with van der Waals surface area (Å²) in [5, 5.41) is 2.77. The molecule has 0 saturated carbocycles. The molecule has 1 aliphatic heterocycles. The van der Waals surface area contributed by atoms with Crippen LogP contribution < -0.4 is 9.62 Å². The van der Waals surface area contributed by atoms with Crippen molar-refractivity contribution < 1.29 is 17.2 Å². The Kier molecular flexibility index (Phi) is 3.46. The zero-order valence-corrected chi connectivity index (χ0v) is 12.3. The molecule has 1 aromatic heterocycles. The topological polar surface area (TPSA) is 62.6 Å². The number of benzene rings is 1. The van der Waals surface area contributed by atoms with Crippen molar-refractivity contribution >= 4 is 15.7 Å². The maximum absolute atomic E-state index is 13.4. The van der Waals surface area contributed by atoms with Gasteiger partial charge in [0.15, 0.2) is 0 Å². The fourth-order valence-corrected chi connectivity index (χ4v) is 3.88. The van der Waals surface area contributed by atoms with E-state index in [-0.39, 0.29) is 5.09 Å². The van der Waals surface area contributed by atoms with Gasteiger partial charge in [0.2, 0.25) is 5.09 Å². The van der Waals surface area contributed by atoms with E-state index in [0.717, 1.165) is 5.56 Å². The van der Waals surface area contributed by atoms with Gasteiger partial charge in [-0.25, -0.2) is 4.39 Å². The monoisotopic (exact) mass is 310 g/mol. The van der Waals surface area contributed by atoms with Crippen molar-refractivity contribution in [3.63, 3.8) is 0 Å². The van der Waals surface area contributed by atoms with E-state index in [1.807, 2.05) is 0 Å². The van der Waals surface area contributed by atoms with Crippen LogP contribution in [0.2, 0.25) is 0 Å². The Morgan fingerprint density at radius 3 is 2.90 bits per heavy atom. The van der Waals surface area contributed by atoms with Crippen LogP contribution in [0.5, 0.6) is 0 Å². The summed E-state index contributed by atoms with van der Waals surface area (Å²) in [6.07, 6.45) is 0.568. The summed E-state index contributed by atoms with van der Waals surface area (Å²) < 4.78 is 45.2. The first kappa shape index (κ1) is 14.1. The molecule has 0 spiro atoms. The Labute approximate surface area is 122 Å². The lowest BCUT2D eigenvalue weighted by molar-refractivity contribution is 0.406. The van der Waals surface area contributed by atoms with Crippen molar-refractivity contribution in [1.82, 2.24) is 5.32 Å². The highest BCUT2D eigenvalue weighted by Gasteiger charge is 2.33. The maximum atomic E-state index is 13.4. The van der Waals surface area contributed by atoms with Crippen LogP contribution in [-0.2, 0) is 23.0 Å². The third-order valence-electron chi connectivity index (χ3n) is 3.43. The average Bonchev–Trinajstić information content (AvgIpc) is 3.05. The standard InChI is InChI=1S/C14H15FN2O3S/c1-16-9-12-4-5-14(20-12)21(18,19)17-7-6-10-2-3-11(15)8-13(10)17/h2-5,8,16H,6-7,9H2,1H3. The van der Waals surface area contributed by atoms with Gasteiger partial charge in [-0.05, 0) is 43.3 Å². The average molecular weight is 310 g/mol. The van der Waals surface area contributed by atoms with Crippen molar-refractivity contribution in [2.45, 2.75) is 18.1 Å². The van der Waals surface area contributed by atoms with Crippen LogP contribution in [0.15, 0.2) is 39.8 Å². The minimum Gasteiger partial charge on any atom is -0.446 e. The molecule has 0 aliphatic carbocycles. The second kappa shape index (κ2) is 5.16. The molecular formula is C14H15FN2O3S. The van der Waals surface area contributed by atoms with Crippen LogP contribution in [0.3, 0.4) is 0 Å². The summed E-state index contributed by atoms with van der Waals surface area (Å²) >= 11 is 0. The van der Waals surface area contributed by atoms with Gasteiger partial charge in [0.05, 0.1) is 12.2 Å². The molecule has 112 valence electrons. The number of rotatable bonds is 4. The highest BCUT2D eigenvalue weighted by atomic mass is 32.2. The van der Waals surface area contributed by atoms with Crippen molar-refractivity contribution in [1.29, 1.82) is 0 Å². The molecule has 1 aromatic carbocycles. The predicted molar refractivity (Wildman–Crippen MR) is 76.1 cm³/mol.